The molecular formula is C19H23NO4. The molecule has 128 valence electrons. The van der Waals surface area contributed by atoms with E-state index in [0.717, 1.165) is 16.7 Å². The van der Waals surface area contributed by atoms with Crippen molar-refractivity contribution in [3.8, 4) is 0 Å². The van der Waals surface area contributed by atoms with Gasteiger partial charge in [-0.2, -0.15) is 0 Å². The van der Waals surface area contributed by atoms with E-state index in [9.17, 15) is 9.59 Å². The van der Waals surface area contributed by atoms with Crippen molar-refractivity contribution in [1.29, 1.82) is 0 Å². The molecule has 1 amide bonds. The summed E-state index contributed by atoms with van der Waals surface area (Å²) in [7, 11) is 0. The Balaban J connectivity index is 1.78. The van der Waals surface area contributed by atoms with Crippen molar-refractivity contribution in [3.05, 3.63) is 47.0 Å². The van der Waals surface area contributed by atoms with E-state index in [2.05, 4.69) is 19.9 Å². The van der Waals surface area contributed by atoms with Crippen molar-refractivity contribution in [1.82, 2.24) is 4.90 Å². The molecule has 1 aliphatic heterocycles. The summed E-state index contributed by atoms with van der Waals surface area (Å²) in [6.45, 7) is 8.18. The highest BCUT2D eigenvalue weighted by Gasteiger charge is 2.57. The number of amides is 1. The number of allylic oxidation sites excluding steroid dienone is 1. The molecule has 0 radical (unpaired) electrons. The third kappa shape index (κ3) is 2.68. The van der Waals surface area contributed by atoms with E-state index < -0.39 is 12.1 Å². The lowest BCUT2D eigenvalue weighted by Crippen LogP contribution is -2.46. The number of hydrogen-bond donors (Lipinski definition) is 0. The van der Waals surface area contributed by atoms with Crippen LogP contribution in [0.4, 0.5) is 4.79 Å². The molecule has 1 aromatic rings. The summed E-state index contributed by atoms with van der Waals surface area (Å²) in [5.74, 6) is -0.420. The molecule has 0 N–H and O–H groups in total. The Kier molecular flexibility index (Phi) is 4.11. The molecular weight excluding hydrogens is 306 g/mol. The van der Waals surface area contributed by atoms with Gasteiger partial charge in [-0.15, -0.1) is 0 Å². The van der Waals surface area contributed by atoms with Gasteiger partial charge in [0, 0.05) is 5.41 Å². The second-order valence-electron chi connectivity index (χ2n) is 7.15. The Bertz CT molecular complexity index is 703. The number of carbonyl (C=O) groups is 2. The molecule has 1 aromatic carbocycles. The second kappa shape index (κ2) is 5.96. The predicted molar refractivity (Wildman–Crippen MR) is 89.6 cm³/mol. The van der Waals surface area contributed by atoms with Crippen LogP contribution in [0.1, 0.15) is 44.9 Å². The quantitative estimate of drug-likeness (QED) is 0.628. The van der Waals surface area contributed by atoms with Crippen LogP contribution in [-0.2, 0) is 19.7 Å². The molecule has 2 atom stereocenters. The Morgan fingerprint density at radius 1 is 1.33 bits per heavy atom. The maximum absolute atomic E-state index is 12.3. The van der Waals surface area contributed by atoms with E-state index in [1.165, 1.54) is 4.90 Å². The molecule has 2 aliphatic rings. The number of fused-ring (bicyclic) bond motifs is 3. The average Bonchev–Trinajstić information content (AvgIpc) is 2.94. The monoisotopic (exact) mass is 329 g/mol. The molecule has 5 heteroatoms. The SMILES string of the molecule is CC(C)=CCOC(=O)CN1C(=O)O[C@@H]2c3ccccc3C(C)(C)[C@@H]21. The lowest BCUT2D eigenvalue weighted by molar-refractivity contribution is -0.143. The molecule has 3 rings (SSSR count). The highest BCUT2D eigenvalue weighted by Crippen LogP contribution is 2.52. The van der Waals surface area contributed by atoms with Crippen LogP contribution in [0.3, 0.4) is 0 Å². The lowest BCUT2D eigenvalue weighted by atomic mass is 9.82. The van der Waals surface area contributed by atoms with Gasteiger partial charge < -0.3 is 9.47 Å². The fourth-order valence-corrected chi connectivity index (χ4v) is 3.66. The molecule has 0 saturated carbocycles. The Morgan fingerprint density at radius 3 is 2.75 bits per heavy atom. The van der Waals surface area contributed by atoms with Crippen LogP contribution < -0.4 is 0 Å². The number of hydrogen-bond acceptors (Lipinski definition) is 4. The van der Waals surface area contributed by atoms with E-state index in [-0.39, 0.29) is 30.7 Å². The molecule has 0 spiro atoms. The first-order chi connectivity index (χ1) is 11.3. The molecule has 0 unspecified atom stereocenters. The van der Waals surface area contributed by atoms with Gasteiger partial charge in [-0.25, -0.2) is 4.79 Å². The van der Waals surface area contributed by atoms with Crippen molar-refractivity contribution in [2.45, 2.75) is 45.3 Å². The normalized spacial score (nSPS) is 23.3. The third-order valence-corrected chi connectivity index (χ3v) is 4.82. The van der Waals surface area contributed by atoms with E-state index >= 15 is 0 Å². The van der Waals surface area contributed by atoms with Crippen LogP contribution >= 0.6 is 0 Å². The molecule has 0 bridgehead atoms. The molecule has 0 aromatic heterocycles. The first-order valence-electron chi connectivity index (χ1n) is 8.18. The summed E-state index contributed by atoms with van der Waals surface area (Å²) in [6, 6.07) is 7.79. The van der Waals surface area contributed by atoms with E-state index in [1.54, 1.807) is 0 Å². The maximum Gasteiger partial charge on any atom is 0.411 e. The third-order valence-electron chi connectivity index (χ3n) is 4.82. The van der Waals surface area contributed by atoms with Gasteiger partial charge in [0.05, 0.1) is 6.04 Å². The van der Waals surface area contributed by atoms with Crippen LogP contribution in [0.2, 0.25) is 0 Å². The summed E-state index contributed by atoms with van der Waals surface area (Å²) < 4.78 is 10.8. The summed E-state index contributed by atoms with van der Waals surface area (Å²) in [5.41, 5.74) is 2.99. The van der Waals surface area contributed by atoms with Crippen molar-refractivity contribution < 1.29 is 19.1 Å². The van der Waals surface area contributed by atoms with Gasteiger partial charge in [0.15, 0.2) is 6.10 Å². The fourth-order valence-electron chi connectivity index (χ4n) is 3.66. The van der Waals surface area contributed by atoms with Crippen LogP contribution in [0.25, 0.3) is 0 Å². The standard InChI is InChI=1S/C19H23NO4/c1-12(2)9-10-23-15(21)11-20-17-16(24-18(20)22)13-7-5-6-8-14(13)19(17,3)4/h5-9,16-17H,10-11H2,1-4H3/t16-,17-/m1/s1. The Labute approximate surface area is 142 Å². The number of ether oxygens (including phenoxy) is 2. The van der Waals surface area contributed by atoms with E-state index in [1.807, 2.05) is 38.1 Å². The van der Waals surface area contributed by atoms with Crippen molar-refractivity contribution in [3.63, 3.8) is 0 Å². The zero-order chi connectivity index (χ0) is 17.5. The predicted octanol–water partition coefficient (Wildman–Crippen LogP) is 3.35. The summed E-state index contributed by atoms with van der Waals surface area (Å²) >= 11 is 0. The number of esters is 1. The lowest BCUT2D eigenvalue weighted by Gasteiger charge is -2.32. The van der Waals surface area contributed by atoms with Gasteiger partial charge in [0.2, 0.25) is 0 Å². The van der Waals surface area contributed by atoms with Crippen LogP contribution in [0.15, 0.2) is 35.9 Å². The van der Waals surface area contributed by atoms with Crippen LogP contribution in [0, 0.1) is 0 Å². The second-order valence-corrected chi connectivity index (χ2v) is 7.15. The van der Waals surface area contributed by atoms with E-state index in [0.29, 0.717) is 0 Å². The number of rotatable bonds is 4. The van der Waals surface area contributed by atoms with Gasteiger partial charge >= 0.3 is 12.1 Å². The number of benzene rings is 1. The molecule has 1 fully saturated rings. The Hall–Kier alpha value is -2.30. The highest BCUT2D eigenvalue weighted by molar-refractivity contribution is 5.80. The van der Waals surface area contributed by atoms with Gasteiger partial charge in [0.1, 0.15) is 13.2 Å². The summed E-state index contributed by atoms with van der Waals surface area (Å²) in [5, 5.41) is 0. The average molecular weight is 329 g/mol. The maximum atomic E-state index is 12.3. The topological polar surface area (TPSA) is 55.8 Å². The van der Waals surface area contributed by atoms with Gasteiger partial charge in [-0.1, -0.05) is 43.7 Å². The molecule has 5 nitrogen and oxygen atoms in total. The summed E-state index contributed by atoms with van der Waals surface area (Å²) in [6.07, 6.45) is 1.05. The Morgan fingerprint density at radius 2 is 2.04 bits per heavy atom. The number of nitrogens with zero attached hydrogens (tertiary/aromatic N) is 1. The molecule has 24 heavy (non-hydrogen) atoms. The smallest absolute Gasteiger partial charge is 0.411 e. The minimum Gasteiger partial charge on any atom is -0.460 e. The van der Waals surface area contributed by atoms with Gasteiger partial charge in [0.25, 0.3) is 0 Å². The highest BCUT2D eigenvalue weighted by atomic mass is 16.6. The zero-order valence-corrected chi connectivity index (χ0v) is 14.5. The molecule has 1 aliphatic carbocycles. The van der Waals surface area contributed by atoms with Crippen molar-refractivity contribution in [2.24, 2.45) is 0 Å². The zero-order valence-electron chi connectivity index (χ0n) is 14.5. The van der Waals surface area contributed by atoms with E-state index in [4.69, 9.17) is 9.47 Å². The minimum atomic E-state index is -0.452. The first kappa shape index (κ1) is 16.6. The molecule has 1 saturated heterocycles. The number of carbonyl (C=O) groups excluding carboxylic acids is 2. The van der Waals surface area contributed by atoms with Crippen LogP contribution in [-0.4, -0.2) is 36.2 Å². The fraction of sp³-hybridized carbons (Fsp3) is 0.474. The largest absolute Gasteiger partial charge is 0.460 e. The van der Waals surface area contributed by atoms with Crippen LogP contribution in [0.5, 0.6) is 0 Å². The minimum absolute atomic E-state index is 0.0893. The molecule has 1 heterocycles. The van der Waals surface area contributed by atoms with Gasteiger partial charge in [-0.3, -0.25) is 9.69 Å². The summed E-state index contributed by atoms with van der Waals surface area (Å²) in [4.78, 5) is 25.9. The van der Waals surface area contributed by atoms with Crippen molar-refractivity contribution >= 4 is 12.1 Å². The first-order valence-corrected chi connectivity index (χ1v) is 8.18. The van der Waals surface area contributed by atoms with Gasteiger partial charge in [-0.05, 0) is 31.1 Å². The van der Waals surface area contributed by atoms with Crippen molar-refractivity contribution in [2.75, 3.05) is 13.2 Å².